The number of aromatic nitrogens is 1. The summed E-state index contributed by atoms with van der Waals surface area (Å²) >= 11 is 0. The van der Waals surface area contributed by atoms with Crippen molar-refractivity contribution in [3.05, 3.63) is 18.0 Å². The van der Waals surface area contributed by atoms with Gasteiger partial charge >= 0.3 is 0 Å². The van der Waals surface area contributed by atoms with Crippen molar-refractivity contribution in [1.82, 2.24) is 5.16 Å². The van der Waals surface area contributed by atoms with E-state index in [0.717, 1.165) is 5.69 Å². The van der Waals surface area contributed by atoms with Crippen molar-refractivity contribution in [1.29, 1.82) is 0 Å². The van der Waals surface area contributed by atoms with Crippen molar-refractivity contribution in [2.24, 2.45) is 0 Å². The maximum atomic E-state index is 5.37. The molecule has 0 aromatic carbocycles. The predicted molar refractivity (Wildman–Crippen MR) is 34.3 cm³/mol. The number of nitrogens with zero attached hydrogens (tertiary/aromatic N) is 1. The molecule has 2 rings (SSSR count). The zero-order valence-corrected chi connectivity index (χ0v) is 5.62. The molecular formula is C7H9NO2. The minimum atomic E-state index is 0.497. The largest absolute Gasteiger partial charge is 0.372 e. The van der Waals surface area contributed by atoms with Crippen molar-refractivity contribution in [3.8, 4) is 0 Å². The highest BCUT2D eigenvalue weighted by molar-refractivity contribution is 4.93. The first-order valence-corrected chi connectivity index (χ1v) is 3.46. The SMILES string of the molecule is c1cc(COC2CC2)no1. The summed E-state index contributed by atoms with van der Waals surface area (Å²) in [5, 5.41) is 3.72. The third-order valence-electron chi connectivity index (χ3n) is 1.48. The summed E-state index contributed by atoms with van der Waals surface area (Å²) in [6.07, 6.45) is 4.47. The van der Waals surface area contributed by atoms with E-state index in [9.17, 15) is 0 Å². The van der Waals surface area contributed by atoms with Crippen LogP contribution in [0, 0.1) is 0 Å². The summed E-state index contributed by atoms with van der Waals surface area (Å²) in [5.74, 6) is 0. The molecule has 1 aliphatic rings. The Morgan fingerprint density at radius 2 is 2.60 bits per heavy atom. The molecule has 10 heavy (non-hydrogen) atoms. The first-order valence-electron chi connectivity index (χ1n) is 3.46. The van der Waals surface area contributed by atoms with E-state index in [4.69, 9.17) is 4.74 Å². The highest BCUT2D eigenvalue weighted by Gasteiger charge is 2.22. The highest BCUT2D eigenvalue weighted by atomic mass is 16.5. The number of hydrogen-bond acceptors (Lipinski definition) is 3. The molecule has 3 nitrogen and oxygen atoms in total. The Labute approximate surface area is 59.0 Å². The zero-order chi connectivity index (χ0) is 6.81. The molecule has 1 heterocycles. The van der Waals surface area contributed by atoms with Crippen molar-refractivity contribution in [2.45, 2.75) is 25.6 Å². The van der Waals surface area contributed by atoms with Gasteiger partial charge in [-0.3, -0.25) is 0 Å². The van der Waals surface area contributed by atoms with Gasteiger partial charge in [0.05, 0.1) is 12.7 Å². The molecule has 0 amide bonds. The van der Waals surface area contributed by atoms with E-state index in [1.54, 1.807) is 6.26 Å². The van der Waals surface area contributed by atoms with Gasteiger partial charge in [-0.2, -0.15) is 0 Å². The van der Waals surface area contributed by atoms with Gasteiger partial charge in [0.1, 0.15) is 12.0 Å². The predicted octanol–water partition coefficient (Wildman–Crippen LogP) is 1.35. The number of rotatable bonds is 3. The van der Waals surface area contributed by atoms with Crippen LogP contribution in [0.2, 0.25) is 0 Å². The summed E-state index contributed by atoms with van der Waals surface area (Å²) in [5.41, 5.74) is 0.881. The van der Waals surface area contributed by atoms with Crippen LogP contribution in [0.4, 0.5) is 0 Å². The minimum absolute atomic E-state index is 0.497. The van der Waals surface area contributed by atoms with Gasteiger partial charge in [-0.1, -0.05) is 5.16 Å². The van der Waals surface area contributed by atoms with Gasteiger partial charge in [-0.15, -0.1) is 0 Å². The van der Waals surface area contributed by atoms with E-state index < -0.39 is 0 Å². The second-order valence-electron chi connectivity index (χ2n) is 2.50. The molecule has 1 saturated carbocycles. The molecule has 0 saturated heterocycles. The van der Waals surface area contributed by atoms with Gasteiger partial charge in [0.25, 0.3) is 0 Å². The van der Waals surface area contributed by atoms with Crippen molar-refractivity contribution < 1.29 is 9.26 Å². The van der Waals surface area contributed by atoms with Crippen LogP contribution >= 0.6 is 0 Å². The van der Waals surface area contributed by atoms with Gasteiger partial charge in [-0.25, -0.2) is 0 Å². The maximum Gasteiger partial charge on any atom is 0.124 e. The summed E-state index contributed by atoms with van der Waals surface area (Å²) in [6, 6.07) is 1.82. The Morgan fingerprint density at radius 1 is 1.70 bits per heavy atom. The van der Waals surface area contributed by atoms with Crippen LogP contribution in [-0.2, 0) is 11.3 Å². The summed E-state index contributed by atoms with van der Waals surface area (Å²) in [4.78, 5) is 0. The second-order valence-corrected chi connectivity index (χ2v) is 2.50. The van der Waals surface area contributed by atoms with E-state index in [0.29, 0.717) is 12.7 Å². The van der Waals surface area contributed by atoms with Crippen LogP contribution in [0.25, 0.3) is 0 Å². The van der Waals surface area contributed by atoms with Gasteiger partial charge in [0.15, 0.2) is 0 Å². The molecule has 0 N–H and O–H groups in total. The fourth-order valence-electron chi connectivity index (χ4n) is 0.750. The van der Waals surface area contributed by atoms with Crippen LogP contribution in [0.15, 0.2) is 16.9 Å². The molecule has 0 bridgehead atoms. The first-order chi connectivity index (χ1) is 4.95. The molecule has 0 atom stereocenters. The first kappa shape index (κ1) is 5.92. The molecule has 1 aromatic heterocycles. The van der Waals surface area contributed by atoms with Gasteiger partial charge < -0.3 is 9.26 Å². The second kappa shape index (κ2) is 2.42. The van der Waals surface area contributed by atoms with E-state index in [1.807, 2.05) is 6.07 Å². The smallest absolute Gasteiger partial charge is 0.124 e. The third kappa shape index (κ3) is 1.36. The lowest BCUT2D eigenvalue weighted by atomic mass is 10.5. The standard InChI is InChI=1S/C7H9NO2/c1-2-7(1)9-5-6-3-4-10-8-6/h3-4,7H,1-2,5H2. The van der Waals surface area contributed by atoms with Crippen LogP contribution in [0.3, 0.4) is 0 Å². The Morgan fingerprint density at radius 3 is 3.20 bits per heavy atom. The molecule has 0 spiro atoms. The van der Waals surface area contributed by atoms with Crippen molar-refractivity contribution >= 4 is 0 Å². The summed E-state index contributed by atoms with van der Waals surface area (Å²) in [6.45, 7) is 0.598. The normalized spacial score (nSPS) is 17.6. The number of ether oxygens (including phenoxy) is 1. The minimum Gasteiger partial charge on any atom is -0.372 e. The topological polar surface area (TPSA) is 35.3 Å². The van der Waals surface area contributed by atoms with Crippen LogP contribution in [-0.4, -0.2) is 11.3 Å². The molecular weight excluding hydrogens is 130 g/mol. The molecule has 3 heteroatoms. The lowest BCUT2D eigenvalue weighted by Crippen LogP contribution is -1.93. The highest BCUT2D eigenvalue weighted by Crippen LogP contribution is 2.24. The van der Waals surface area contributed by atoms with Crippen LogP contribution in [0.5, 0.6) is 0 Å². The Hall–Kier alpha value is -0.830. The van der Waals surface area contributed by atoms with Gasteiger partial charge in [0.2, 0.25) is 0 Å². The maximum absolute atomic E-state index is 5.37. The molecule has 0 aliphatic heterocycles. The molecule has 0 radical (unpaired) electrons. The lowest BCUT2D eigenvalue weighted by Gasteiger charge is -1.94. The summed E-state index contributed by atoms with van der Waals surface area (Å²) < 4.78 is 10.0. The fraction of sp³-hybridized carbons (Fsp3) is 0.571. The van der Waals surface area contributed by atoms with Crippen molar-refractivity contribution in [3.63, 3.8) is 0 Å². The Balaban J connectivity index is 1.79. The molecule has 1 aliphatic carbocycles. The van der Waals surface area contributed by atoms with E-state index in [1.165, 1.54) is 12.8 Å². The monoisotopic (exact) mass is 139 g/mol. The average Bonchev–Trinajstić information content (AvgIpc) is 2.63. The lowest BCUT2D eigenvalue weighted by molar-refractivity contribution is 0.101. The van der Waals surface area contributed by atoms with Crippen LogP contribution in [0.1, 0.15) is 18.5 Å². The van der Waals surface area contributed by atoms with Crippen LogP contribution < -0.4 is 0 Å². The van der Waals surface area contributed by atoms with E-state index in [2.05, 4.69) is 9.68 Å². The van der Waals surface area contributed by atoms with Gasteiger partial charge in [0, 0.05) is 6.07 Å². The summed E-state index contributed by atoms with van der Waals surface area (Å²) in [7, 11) is 0. The molecule has 54 valence electrons. The Kier molecular flexibility index (Phi) is 1.43. The molecule has 0 unspecified atom stereocenters. The van der Waals surface area contributed by atoms with E-state index in [-0.39, 0.29) is 0 Å². The third-order valence-corrected chi connectivity index (χ3v) is 1.48. The number of hydrogen-bond donors (Lipinski definition) is 0. The quantitative estimate of drug-likeness (QED) is 0.634. The molecule has 1 aromatic rings. The van der Waals surface area contributed by atoms with Crippen molar-refractivity contribution in [2.75, 3.05) is 0 Å². The van der Waals surface area contributed by atoms with E-state index >= 15 is 0 Å². The fourth-order valence-corrected chi connectivity index (χ4v) is 0.750. The zero-order valence-electron chi connectivity index (χ0n) is 5.62. The van der Waals surface area contributed by atoms with Gasteiger partial charge in [-0.05, 0) is 12.8 Å². The molecule has 1 fully saturated rings. The Bertz CT molecular complexity index is 191. The average molecular weight is 139 g/mol.